The minimum atomic E-state index is -3.88. The molecule has 29 heavy (non-hydrogen) atoms. The van der Waals surface area contributed by atoms with E-state index in [1.807, 2.05) is 24.3 Å². The van der Waals surface area contributed by atoms with Crippen molar-refractivity contribution in [2.24, 2.45) is 0 Å². The summed E-state index contributed by atoms with van der Waals surface area (Å²) in [4.78, 5) is 23.7. The highest BCUT2D eigenvalue weighted by Crippen LogP contribution is 2.19. The average molecular weight is 411 g/mol. The van der Waals surface area contributed by atoms with Crippen LogP contribution in [0.15, 0.2) is 71.6 Å². The molecular formula is C21H21N3O4S. The number of sulfonamides is 1. The molecule has 0 saturated carbocycles. The van der Waals surface area contributed by atoms with Crippen LogP contribution in [0.5, 0.6) is 0 Å². The normalized spacial score (nSPS) is 12.3. The monoisotopic (exact) mass is 411 g/mol. The standard InChI is InChI=1S/C21H21N3O4S/c1-14(21(26)23-19-9-5-8-18(13-19)22-15(2)25)24-29(27,28)20-11-10-16-6-3-4-7-17(16)12-20/h3-14,24H,1-2H3,(H,22,25)(H,23,26)/t14-/m0/s1. The van der Waals surface area contributed by atoms with E-state index in [1.54, 1.807) is 36.4 Å². The maximum atomic E-state index is 12.7. The van der Waals surface area contributed by atoms with Gasteiger partial charge in [0.15, 0.2) is 0 Å². The van der Waals surface area contributed by atoms with Crippen LogP contribution in [0, 0.1) is 0 Å². The molecule has 0 bridgehead atoms. The van der Waals surface area contributed by atoms with Crippen LogP contribution in [0.3, 0.4) is 0 Å². The lowest BCUT2D eigenvalue weighted by atomic mass is 10.1. The Balaban J connectivity index is 1.71. The molecule has 7 nitrogen and oxygen atoms in total. The van der Waals surface area contributed by atoms with Gasteiger partial charge in [-0.2, -0.15) is 4.72 Å². The molecule has 0 aliphatic rings. The summed E-state index contributed by atoms with van der Waals surface area (Å²) in [5.74, 6) is -0.751. The predicted molar refractivity (Wildman–Crippen MR) is 113 cm³/mol. The van der Waals surface area contributed by atoms with Crippen LogP contribution >= 0.6 is 0 Å². The van der Waals surface area contributed by atoms with Gasteiger partial charge in [-0.25, -0.2) is 8.42 Å². The average Bonchev–Trinajstić information content (AvgIpc) is 2.67. The minimum absolute atomic E-state index is 0.0866. The van der Waals surface area contributed by atoms with E-state index in [0.29, 0.717) is 11.4 Å². The number of hydrogen-bond donors (Lipinski definition) is 3. The van der Waals surface area contributed by atoms with Crippen molar-refractivity contribution in [1.82, 2.24) is 4.72 Å². The molecule has 0 aliphatic carbocycles. The summed E-state index contributed by atoms with van der Waals surface area (Å²) in [6, 6.07) is 17.8. The second-order valence-corrected chi connectivity index (χ2v) is 8.32. The maximum Gasteiger partial charge on any atom is 0.242 e. The number of benzene rings is 3. The van der Waals surface area contributed by atoms with Gasteiger partial charge in [0, 0.05) is 18.3 Å². The Labute approximate surface area is 169 Å². The molecule has 3 rings (SSSR count). The Morgan fingerprint density at radius 1 is 0.828 bits per heavy atom. The number of fused-ring (bicyclic) bond motifs is 1. The molecule has 150 valence electrons. The highest BCUT2D eigenvalue weighted by molar-refractivity contribution is 7.89. The Bertz CT molecular complexity index is 1180. The number of rotatable bonds is 6. The summed E-state index contributed by atoms with van der Waals surface area (Å²) in [6.07, 6.45) is 0. The molecule has 0 unspecified atom stereocenters. The van der Waals surface area contributed by atoms with Crippen molar-refractivity contribution >= 4 is 44.0 Å². The fourth-order valence-electron chi connectivity index (χ4n) is 2.82. The highest BCUT2D eigenvalue weighted by atomic mass is 32.2. The van der Waals surface area contributed by atoms with E-state index in [-0.39, 0.29) is 10.8 Å². The molecule has 0 fully saturated rings. The van der Waals surface area contributed by atoms with E-state index in [0.717, 1.165) is 10.8 Å². The molecule has 3 N–H and O–H groups in total. The Morgan fingerprint density at radius 2 is 1.48 bits per heavy atom. The highest BCUT2D eigenvalue weighted by Gasteiger charge is 2.22. The van der Waals surface area contributed by atoms with Crippen molar-refractivity contribution in [1.29, 1.82) is 0 Å². The van der Waals surface area contributed by atoms with Crippen LogP contribution in [0.25, 0.3) is 10.8 Å². The molecule has 3 aromatic carbocycles. The number of carbonyl (C=O) groups excluding carboxylic acids is 2. The van der Waals surface area contributed by atoms with Gasteiger partial charge in [0.05, 0.1) is 10.9 Å². The number of anilines is 2. The van der Waals surface area contributed by atoms with Crippen LogP contribution in [-0.2, 0) is 19.6 Å². The first-order valence-electron chi connectivity index (χ1n) is 8.94. The first-order chi connectivity index (χ1) is 13.7. The summed E-state index contributed by atoms with van der Waals surface area (Å²) < 4.78 is 27.8. The van der Waals surface area contributed by atoms with Gasteiger partial charge in [0.25, 0.3) is 0 Å². The second-order valence-electron chi connectivity index (χ2n) is 6.60. The third kappa shape index (κ3) is 5.18. The van der Waals surface area contributed by atoms with E-state index < -0.39 is 22.0 Å². The molecule has 0 aliphatic heterocycles. The van der Waals surface area contributed by atoms with Gasteiger partial charge in [0.1, 0.15) is 0 Å². The third-order valence-corrected chi connectivity index (χ3v) is 5.75. The Hall–Kier alpha value is -3.23. The van der Waals surface area contributed by atoms with Crippen LogP contribution in [0.1, 0.15) is 13.8 Å². The van der Waals surface area contributed by atoms with E-state index >= 15 is 0 Å². The van der Waals surface area contributed by atoms with E-state index in [4.69, 9.17) is 0 Å². The lowest BCUT2D eigenvalue weighted by molar-refractivity contribution is -0.117. The SMILES string of the molecule is CC(=O)Nc1cccc(NC(=O)[C@H](C)NS(=O)(=O)c2ccc3ccccc3c2)c1. The topological polar surface area (TPSA) is 104 Å². The van der Waals surface area contributed by atoms with Crippen molar-refractivity contribution in [3.8, 4) is 0 Å². The first kappa shape index (κ1) is 20.5. The maximum absolute atomic E-state index is 12.7. The Kier molecular flexibility index (Phi) is 5.95. The lowest BCUT2D eigenvalue weighted by Gasteiger charge is -2.15. The number of carbonyl (C=O) groups is 2. The van der Waals surface area contributed by atoms with Gasteiger partial charge >= 0.3 is 0 Å². The van der Waals surface area contributed by atoms with Crippen molar-refractivity contribution in [3.05, 3.63) is 66.7 Å². The van der Waals surface area contributed by atoms with Gasteiger partial charge in [-0.3, -0.25) is 9.59 Å². The van der Waals surface area contributed by atoms with Crippen LogP contribution in [0.2, 0.25) is 0 Å². The molecule has 0 aromatic heterocycles. The second kappa shape index (κ2) is 8.42. The molecule has 2 amide bonds. The van der Waals surface area contributed by atoms with Gasteiger partial charge < -0.3 is 10.6 Å². The van der Waals surface area contributed by atoms with Crippen LogP contribution < -0.4 is 15.4 Å². The summed E-state index contributed by atoms with van der Waals surface area (Å²) in [7, 11) is -3.88. The molecular weight excluding hydrogens is 390 g/mol. The van der Waals surface area contributed by atoms with Gasteiger partial charge in [-0.15, -0.1) is 0 Å². The summed E-state index contributed by atoms with van der Waals surface area (Å²) in [6.45, 7) is 2.85. The number of amides is 2. The third-order valence-electron chi connectivity index (χ3n) is 4.21. The first-order valence-corrected chi connectivity index (χ1v) is 10.4. The quantitative estimate of drug-likeness (QED) is 0.580. The molecule has 0 spiro atoms. The minimum Gasteiger partial charge on any atom is -0.326 e. The predicted octanol–water partition coefficient (Wildman–Crippen LogP) is 3.10. The molecule has 1 atom stereocenters. The summed E-state index contributed by atoms with van der Waals surface area (Å²) in [5.41, 5.74) is 0.970. The zero-order chi connectivity index (χ0) is 21.0. The van der Waals surface area contributed by atoms with Crippen LogP contribution in [0.4, 0.5) is 11.4 Å². The van der Waals surface area contributed by atoms with E-state index in [1.165, 1.54) is 19.9 Å². The van der Waals surface area contributed by atoms with Crippen molar-refractivity contribution in [2.75, 3.05) is 10.6 Å². The fraction of sp³-hybridized carbons (Fsp3) is 0.143. The molecule has 0 heterocycles. The van der Waals surface area contributed by atoms with E-state index in [9.17, 15) is 18.0 Å². The molecule has 3 aromatic rings. The van der Waals surface area contributed by atoms with E-state index in [2.05, 4.69) is 15.4 Å². The van der Waals surface area contributed by atoms with Gasteiger partial charge in [-0.05, 0) is 48.0 Å². The van der Waals surface area contributed by atoms with Gasteiger partial charge in [-0.1, -0.05) is 36.4 Å². The van der Waals surface area contributed by atoms with Crippen molar-refractivity contribution < 1.29 is 18.0 Å². The molecule has 0 saturated heterocycles. The number of hydrogen-bond acceptors (Lipinski definition) is 4. The van der Waals surface area contributed by atoms with Crippen molar-refractivity contribution in [2.45, 2.75) is 24.8 Å². The summed E-state index contributed by atoms with van der Waals surface area (Å²) >= 11 is 0. The molecule has 8 heteroatoms. The largest absolute Gasteiger partial charge is 0.326 e. The zero-order valence-corrected chi connectivity index (χ0v) is 16.8. The number of nitrogens with one attached hydrogen (secondary N) is 3. The summed E-state index contributed by atoms with van der Waals surface area (Å²) in [5, 5.41) is 6.98. The lowest BCUT2D eigenvalue weighted by Crippen LogP contribution is -2.41. The molecule has 0 radical (unpaired) electrons. The fourth-order valence-corrected chi connectivity index (χ4v) is 4.06. The van der Waals surface area contributed by atoms with Crippen molar-refractivity contribution in [3.63, 3.8) is 0 Å². The van der Waals surface area contributed by atoms with Crippen LogP contribution in [-0.4, -0.2) is 26.3 Å². The van der Waals surface area contributed by atoms with Gasteiger partial charge in [0.2, 0.25) is 21.8 Å². The smallest absolute Gasteiger partial charge is 0.242 e. The Morgan fingerprint density at radius 3 is 2.17 bits per heavy atom. The zero-order valence-electron chi connectivity index (χ0n) is 16.0.